The van der Waals surface area contributed by atoms with Crippen LogP contribution in [0.4, 0.5) is 5.82 Å². The molecule has 0 saturated heterocycles. The van der Waals surface area contributed by atoms with Crippen molar-refractivity contribution in [3.05, 3.63) is 17.8 Å². The number of likely N-dealkylation sites (N-methyl/N-ethyl adjacent to an activating group) is 1. The molecule has 16 heavy (non-hydrogen) atoms. The minimum Gasteiger partial charge on any atom is -0.383 e. The zero-order valence-electron chi connectivity index (χ0n) is 10.2. The first-order chi connectivity index (χ1) is 7.72. The Labute approximate surface area is 96.6 Å². The molecule has 0 fully saturated rings. The highest BCUT2D eigenvalue weighted by molar-refractivity contribution is 5.38. The number of rotatable bonds is 6. The maximum atomic E-state index is 5.48. The maximum absolute atomic E-state index is 5.48. The number of ether oxygens (including phenoxy) is 1. The molecule has 1 unspecified atom stereocenters. The molecule has 1 heterocycles. The molecule has 5 nitrogen and oxygen atoms in total. The highest BCUT2D eigenvalue weighted by Gasteiger charge is 2.13. The van der Waals surface area contributed by atoms with E-state index in [1.165, 1.54) is 0 Å². The molecule has 0 spiro atoms. The minimum atomic E-state index is 0.285. The zero-order chi connectivity index (χ0) is 12.0. The Hall–Kier alpha value is -1.20. The van der Waals surface area contributed by atoms with E-state index in [2.05, 4.69) is 28.9 Å². The van der Waals surface area contributed by atoms with Crippen LogP contribution in [0.1, 0.15) is 19.5 Å². The largest absolute Gasteiger partial charge is 0.383 e. The molecule has 5 heteroatoms. The van der Waals surface area contributed by atoms with E-state index in [1.54, 1.807) is 7.11 Å². The summed E-state index contributed by atoms with van der Waals surface area (Å²) in [6.45, 7) is 6.17. The third kappa shape index (κ3) is 3.15. The first-order valence-electron chi connectivity index (χ1n) is 5.51. The van der Waals surface area contributed by atoms with Crippen molar-refractivity contribution in [1.82, 2.24) is 10.2 Å². The molecule has 1 atom stereocenters. The van der Waals surface area contributed by atoms with Gasteiger partial charge >= 0.3 is 0 Å². The van der Waals surface area contributed by atoms with Crippen molar-refractivity contribution in [1.29, 1.82) is 0 Å². The molecule has 0 bridgehead atoms. The van der Waals surface area contributed by atoms with E-state index in [-0.39, 0.29) is 6.04 Å². The van der Waals surface area contributed by atoms with Crippen LogP contribution in [0.3, 0.4) is 0 Å². The van der Waals surface area contributed by atoms with Crippen LogP contribution >= 0.6 is 0 Å². The van der Waals surface area contributed by atoms with Crippen molar-refractivity contribution in [2.45, 2.75) is 26.4 Å². The number of methoxy groups -OCH3 is 1. The number of hydrogen-bond donors (Lipinski definition) is 1. The van der Waals surface area contributed by atoms with Crippen LogP contribution in [0.2, 0.25) is 0 Å². The number of nitrogens with zero attached hydrogens (tertiary/aromatic N) is 3. The quantitative estimate of drug-likeness (QED) is 0.774. The molecule has 2 N–H and O–H groups in total. The SMILES string of the molecule is CCN(c1ccc(CN)nn1)C(C)COC. The summed E-state index contributed by atoms with van der Waals surface area (Å²) < 4.78 is 5.14. The highest BCUT2D eigenvalue weighted by Crippen LogP contribution is 2.12. The topological polar surface area (TPSA) is 64.3 Å². The Balaban J connectivity index is 2.78. The van der Waals surface area contributed by atoms with Gasteiger partial charge in [0.15, 0.2) is 5.82 Å². The van der Waals surface area contributed by atoms with Gasteiger partial charge in [0.05, 0.1) is 18.3 Å². The first kappa shape index (κ1) is 12.9. The normalized spacial score (nSPS) is 12.5. The van der Waals surface area contributed by atoms with Gasteiger partial charge in [0, 0.05) is 20.2 Å². The van der Waals surface area contributed by atoms with Gasteiger partial charge in [-0.2, -0.15) is 5.10 Å². The zero-order valence-corrected chi connectivity index (χ0v) is 10.2. The second-order valence-electron chi connectivity index (χ2n) is 3.68. The molecule has 0 aromatic carbocycles. The lowest BCUT2D eigenvalue weighted by Gasteiger charge is -2.28. The summed E-state index contributed by atoms with van der Waals surface area (Å²) >= 11 is 0. The lowest BCUT2D eigenvalue weighted by Crippen LogP contribution is -2.36. The van der Waals surface area contributed by atoms with Crippen molar-refractivity contribution < 1.29 is 4.74 Å². The standard InChI is InChI=1S/C11H20N4O/c1-4-15(9(2)8-16-3)11-6-5-10(7-12)13-14-11/h5-6,9H,4,7-8,12H2,1-3H3. The molecule has 0 aliphatic heterocycles. The summed E-state index contributed by atoms with van der Waals surface area (Å²) in [6, 6.07) is 4.14. The molecule has 90 valence electrons. The van der Waals surface area contributed by atoms with Gasteiger partial charge < -0.3 is 15.4 Å². The molecular formula is C11H20N4O. The third-order valence-corrected chi connectivity index (χ3v) is 2.49. The summed E-state index contributed by atoms with van der Waals surface area (Å²) in [5.41, 5.74) is 6.28. The molecule has 0 aliphatic carbocycles. The van der Waals surface area contributed by atoms with Gasteiger partial charge in [-0.1, -0.05) is 0 Å². The summed E-state index contributed by atoms with van der Waals surface area (Å²) in [7, 11) is 1.70. The lowest BCUT2D eigenvalue weighted by molar-refractivity contribution is 0.181. The van der Waals surface area contributed by atoms with Gasteiger partial charge in [-0.3, -0.25) is 0 Å². The monoisotopic (exact) mass is 224 g/mol. The summed E-state index contributed by atoms with van der Waals surface area (Å²) in [6.07, 6.45) is 0. The number of nitrogens with two attached hydrogens (primary N) is 1. The van der Waals surface area contributed by atoms with E-state index in [0.717, 1.165) is 18.1 Å². The Morgan fingerprint density at radius 1 is 1.44 bits per heavy atom. The van der Waals surface area contributed by atoms with Crippen LogP contribution in [-0.2, 0) is 11.3 Å². The fraction of sp³-hybridized carbons (Fsp3) is 0.636. The van der Waals surface area contributed by atoms with Crippen LogP contribution in [0.25, 0.3) is 0 Å². The van der Waals surface area contributed by atoms with Gasteiger partial charge in [0.2, 0.25) is 0 Å². The molecule has 0 saturated carbocycles. The molecule has 0 amide bonds. The first-order valence-corrected chi connectivity index (χ1v) is 5.51. The third-order valence-electron chi connectivity index (χ3n) is 2.49. The Bertz CT molecular complexity index is 301. The fourth-order valence-corrected chi connectivity index (χ4v) is 1.65. The molecule has 1 rings (SSSR count). The van der Waals surface area contributed by atoms with Crippen LogP contribution in [0.5, 0.6) is 0 Å². The Morgan fingerprint density at radius 3 is 2.62 bits per heavy atom. The van der Waals surface area contributed by atoms with Crippen LogP contribution in [0.15, 0.2) is 12.1 Å². The number of hydrogen-bond acceptors (Lipinski definition) is 5. The fourth-order valence-electron chi connectivity index (χ4n) is 1.65. The van der Waals surface area contributed by atoms with Crippen molar-refractivity contribution in [2.75, 3.05) is 25.2 Å². The van der Waals surface area contributed by atoms with Crippen molar-refractivity contribution >= 4 is 5.82 Å². The highest BCUT2D eigenvalue weighted by atomic mass is 16.5. The molecular weight excluding hydrogens is 204 g/mol. The molecule has 1 aromatic rings. The summed E-state index contributed by atoms with van der Waals surface area (Å²) in [5.74, 6) is 0.865. The van der Waals surface area contributed by atoms with E-state index in [9.17, 15) is 0 Å². The van der Waals surface area contributed by atoms with Crippen molar-refractivity contribution in [3.8, 4) is 0 Å². The smallest absolute Gasteiger partial charge is 0.151 e. The van der Waals surface area contributed by atoms with E-state index >= 15 is 0 Å². The average Bonchev–Trinajstić information content (AvgIpc) is 2.31. The second kappa shape index (κ2) is 6.40. The van der Waals surface area contributed by atoms with Crippen molar-refractivity contribution in [3.63, 3.8) is 0 Å². The predicted molar refractivity (Wildman–Crippen MR) is 64.3 cm³/mol. The van der Waals surface area contributed by atoms with E-state index < -0.39 is 0 Å². The van der Waals surface area contributed by atoms with Crippen LogP contribution in [-0.4, -0.2) is 36.5 Å². The minimum absolute atomic E-state index is 0.285. The number of aromatic nitrogens is 2. The van der Waals surface area contributed by atoms with Gasteiger partial charge in [0.1, 0.15) is 0 Å². The number of anilines is 1. The van der Waals surface area contributed by atoms with Crippen LogP contribution in [0, 0.1) is 0 Å². The van der Waals surface area contributed by atoms with E-state index in [0.29, 0.717) is 13.2 Å². The predicted octanol–water partition coefficient (Wildman–Crippen LogP) is 0.796. The van der Waals surface area contributed by atoms with Gasteiger partial charge in [-0.05, 0) is 26.0 Å². The van der Waals surface area contributed by atoms with Crippen molar-refractivity contribution in [2.24, 2.45) is 5.73 Å². The Kier molecular flexibility index (Phi) is 5.14. The summed E-state index contributed by atoms with van der Waals surface area (Å²) in [4.78, 5) is 2.15. The van der Waals surface area contributed by atoms with E-state index in [1.807, 2.05) is 12.1 Å². The molecule has 0 aliphatic rings. The van der Waals surface area contributed by atoms with E-state index in [4.69, 9.17) is 10.5 Å². The molecule has 0 radical (unpaired) electrons. The summed E-state index contributed by atoms with van der Waals surface area (Å²) in [5, 5.41) is 8.22. The maximum Gasteiger partial charge on any atom is 0.151 e. The average molecular weight is 224 g/mol. The molecule has 1 aromatic heterocycles. The van der Waals surface area contributed by atoms with Crippen LogP contribution < -0.4 is 10.6 Å². The second-order valence-corrected chi connectivity index (χ2v) is 3.68. The lowest BCUT2D eigenvalue weighted by atomic mass is 10.3. The van der Waals surface area contributed by atoms with Gasteiger partial charge in [0.25, 0.3) is 0 Å². The van der Waals surface area contributed by atoms with Gasteiger partial charge in [-0.15, -0.1) is 5.10 Å². The van der Waals surface area contributed by atoms with Gasteiger partial charge in [-0.25, -0.2) is 0 Å². The Morgan fingerprint density at radius 2 is 2.19 bits per heavy atom.